The number of hydrogen-bond donors (Lipinski definition) is 1. The van der Waals surface area contributed by atoms with Crippen molar-refractivity contribution in [1.29, 1.82) is 0 Å². The Morgan fingerprint density at radius 3 is 2.94 bits per heavy atom. The monoisotopic (exact) mass is 269 g/mol. The number of nitrogens with two attached hydrogens (primary N) is 1. The molecule has 0 saturated heterocycles. The summed E-state index contributed by atoms with van der Waals surface area (Å²) in [5.41, 5.74) is 7.29. The first-order valence-corrected chi connectivity index (χ1v) is 6.16. The van der Waals surface area contributed by atoms with E-state index in [9.17, 15) is 0 Å². The van der Waals surface area contributed by atoms with Crippen molar-refractivity contribution >= 4 is 28.9 Å². The summed E-state index contributed by atoms with van der Waals surface area (Å²) in [4.78, 5) is 0. The highest BCUT2D eigenvalue weighted by Gasteiger charge is 2.07. The van der Waals surface area contributed by atoms with Crippen LogP contribution >= 0.6 is 23.2 Å². The SMILES string of the molecule is Nc1ccc(OCC2=CC(Cl)CC=C2)c(Cl)c1. The summed E-state index contributed by atoms with van der Waals surface area (Å²) in [7, 11) is 0. The van der Waals surface area contributed by atoms with E-state index >= 15 is 0 Å². The Morgan fingerprint density at radius 2 is 2.24 bits per heavy atom. The maximum Gasteiger partial charge on any atom is 0.138 e. The second-order valence-electron chi connectivity index (χ2n) is 3.87. The predicted molar refractivity (Wildman–Crippen MR) is 72.8 cm³/mol. The molecule has 0 spiro atoms. The molecule has 1 atom stereocenters. The third-order valence-electron chi connectivity index (χ3n) is 2.44. The van der Waals surface area contributed by atoms with Crippen molar-refractivity contribution in [3.8, 4) is 5.75 Å². The summed E-state index contributed by atoms with van der Waals surface area (Å²) in [5, 5.41) is 0.577. The first kappa shape index (κ1) is 12.3. The van der Waals surface area contributed by atoms with Gasteiger partial charge in [-0.25, -0.2) is 0 Å². The summed E-state index contributed by atoms with van der Waals surface area (Å²) in [6.45, 7) is 0.462. The van der Waals surface area contributed by atoms with E-state index in [-0.39, 0.29) is 5.38 Å². The molecule has 0 aromatic heterocycles. The average Bonchev–Trinajstić information content (AvgIpc) is 2.28. The molecule has 1 aromatic rings. The highest BCUT2D eigenvalue weighted by atomic mass is 35.5. The van der Waals surface area contributed by atoms with Gasteiger partial charge < -0.3 is 10.5 Å². The predicted octanol–water partition coefficient (Wildman–Crippen LogP) is 3.79. The fourth-order valence-corrected chi connectivity index (χ4v) is 2.10. The number of alkyl halides is 1. The third kappa shape index (κ3) is 3.42. The Bertz CT molecular complexity index is 468. The molecule has 1 unspecified atom stereocenters. The number of allylic oxidation sites excluding steroid dienone is 2. The van der Waals surface area contributed by atoms with Gasteiger partial charge in [-0.05, 0) is 30.2 Å². The fraction of sp³-hybridized carbons (Fsp3) is 0.231. The third-order valence-corrected chi connectivity index (χ3v) is 3.04. The molecule has 0 aliphatic heterocycles. The van der Waals surface area contributed by atoms with Gasteiger partial charge in [0.25, 0.3) is 0 Å². The van der Waals surface area contributed by atoms with Crippen LogP contribution < -0.4 is 10.5 Å². The Kier molecular flexibility index (Phi) is 3.97. The van der Waals surface area contributed by atoms with Crippen LogP contribution in [0.4, 0.5) is 5.69 Å². The van der Waals surface area contributed by atoms with Crippen LogP contribution in [0.15, 0.2) is 42.0 Å². The lowest BCUT2D eigenvalue weighted by Gasteiger charge is -2.13. The van der Waals surface area contributed by atoms with E-state index in [4.69, 9.17) is 33.7 Å². The van der Waals surface area contributed by atoms with Crippen molar-refractivity contribution in [2.24, 2.45) is 0 Å². The number of anilines is 1. The second-order valence-corrected chi connectivity index (χ2v) is 4.84. The molecule has 0 amide bonds. The molecule has 1 aliphatic carbocycles. The molecular weight excluding hydrogens is 257 g/mol. The fourth-order valence-electron chi connectivity index (χ4n) is 1.60. The molecule has 90 valence electrons. The molecule has 1 aromatic carbocycles. The minimum atomic E-state index is 0.0560. The van der Waals surface area contributed by atoms with Gasteiger partial charge in [0.2, 0.25) is 0 Å². The van der Waals surface area contributed by atoms with Crippen molar-refractivity contribution in [2.75, 3.05) is 12.3 Å². The minimum absolute atomic E-state index is 0.0560. The topological polar surface area (TPSA) is 35.2 Å². The van der Waals surface area contributed by atoms with Crippen LogP contribution in [-0.2, 0) is 0 Å². The summed E-state index contributed by atoms with van der Waals surface area (Å²) in [6.07, 6.45) is 6.92. The number of benzene rings is 1. The van der Waals surface area contributed by atoms with E-state index in [1.54, 1.807) is 18.2 Å². The molecule has 2 rings (SSSR count). The zero-order chi connectivity index (χ0) is 12.3. The van der Waals surface area contributed by atoms with Crippen LogP contribution in [0.2, 0.25) is 5.02 Å². The van der Waals surface area contributed by atoms with E-state index in [2.05, 4.69) is 0 Å². The largest absolute Gasteiger partial charge is 0.487 e. The van der Waals surface area contributed by atoms with Gasteiger partial charge in [-0.15, -0.1) is 11.6 Å². The van der Waals surface area contributed by atoms with Gasteiger partial charge in [0.05, 0.1) is 10.4 Å². The number of rotatable bonds is 3. The highest BCUT2D eigenvalue weighted by molar-refractivity contribution is 6.32. The zero-order valence-electron chi connectivity index (χ0n) is 9.20. The smallest absolute Gasteiger partial charge is 0.138 e. The Labute approximate surface area is 111 Å². The first-order valence-electron chi connectivity index (χ1n) is 5.34. The lowest BCUT2D eigenvalue weighted by atomic mass is 10.1. The molecule has 2 N–H and O–H groups in total. The first-order chi connectivity index (χ1) is 8.15. The van der Waals surface area contributed by atoms with Crippen molar-refractivity contribution in [2.45, 2.75) is 11.8 Å². The molecular formula is C13H13Cl2NO. The van der Waals surface area contributed by atoms with Crippen LogP contribution in [0.5, 0.6) is 5.75 Å². The normalized spacial score (nSPS) is 18.9. The Balaban J connectivity index is 2.00. The number of ether oxygens (including phenoxy) is 1. The molecule has 0 saturated carbocycles. The van der Waals surface area contributed by atoms with E-state index in [1.807, 2.05) is 18.2 Å². The highest BCUT2D eigenvalue weighted by Crippen LogP contribution is 2.27. The van der Waals surface area contributed by atoms with Gasteiger partial charge in [-0.2, -0.15) is 0 Å². The molecule has 4 heteroatoms. The maximum atomic E-state index is 6.02. The molecule has 2 nitrogen and oxygen atoms in total. The van der Waals surface area contributed by atoms with Gasteiger partial charge in [0.1, 0.15) is 12.4 Å². The molecule has 17 heavy (non-hydrogen) atoms. The van der Waals surface area contributed by atoms with Crippen LogP contribution in [-0.4, -0.2) is 12.0 Å². The van der Waals surface area contributed by atoms with E-state index in [0.717, 1.165) is 12.0 Å². The number of nitrogen functional groups attached to an aromatic ring is 1. The van der Waals surface area contributed by atoms with Gasteiger partial charge in [0.15, 0.2) is 0 Å². The lowest BCUT2D eigenvalue weighted by molar-refractivity contribution is 0.355. The Morgan fingerprint density at radius 1 is 1.41 bits per heavy atom. The summed E-state index contributed by atoms with van der Waals surface area (Å²) in [6, 6.07) is 5.20. The van der Waals surface area contributed by atoms with Gasteiger partial charge >= 0.3 is 0 Å². The number of hydrogen-bond acceptors (Lipinski definition) is 2. The van der Waals surface area contributed by atoms with E-state index in [1.165, 1.54) is 0 Å². The van der Waals surface area contributed by atoms with Crippen molar-refractivity contribution in [3.05, 3.63) is 47.0 Å². The van der Waals surface area contributed by atoms with Crippen LogP contribution in [0.25, 0.3) is 0 Å². The molecule has 0 heterocycles. The van der Waals surface area contributed by atoms with E-state index in [0.29, 0.717) is 23.1 Å². The summed E-state index contributed by atoms with van der Waals surface area (Å²) in [5.74, 6) is 0.631. The van der Waals surface area contributed by atoms with Crippen molar-refractivity contribution in [1.82, 2.24) is 0 Å². The maximum absolute atomic E-state index is 6.02. The standard InChI is InChI=1S/C13H13Cl2NO/c14-10-3-1-2-9(6-10)8-17-13-5-4-11(16)7-12(13)15/h1-2,4-7,10H,3,8,16H2. The Hall–Kier alpha value is -1.12. The molecule has 0 fully saturated rings. The van der Waals surface area contributed by atoms with Crippen molar-refractivity contribution in [3.63, 3.8) is 0 Å². The molecule has 1 aliphatic rings. The minimum Gasteiger partial charge on any atom is -0.487 e. The van der Waals surface area contributed by atoms with Crippen LogP contribution in [0.1, 0.15) is 6.42 Å². The van der Waals surface area contributed by atoms with Crippen LogP contribution in [0.3, 0.4) is 0 Å². The quantitative estimate of drug-likeness (QED) is 0.669. The van der Waals surface area contributed by atoms with Gasteiger partial charge in [0, 0.05) is 5.69 Å². The van der Waals surface area contributed by atoms with Gasteiger partial charge in [-0.3, -0.25) is 0 Å². The van der Waals surface area contributed by atoms with Gasteiger partial charge in [-0.1, -0.05) is 29.8 Å². The molecule has 0 bridgehead atoms. The molecule has 0 radical (unpaired) electrons. The van der Waals surface area contributed by atoms with E-state index < -0.39 is 0 Å². The second kappa shape index (κ2) is 5.48. The lowest BCUT2D eigenvalue weighted by Crippen LogP contribution is -2.06. The van der Waals surface area contributed by atoms with Crippen molar-refractivity contribution < 1.29 is 4.74 Å². The average molecular weight is 270 g/mol. The summed E-state index contributed by atoms with van der Waals surface area (Å²) >= 11 is 12.0. The van der Waals surface area contributed by atoms with Crippen LogP contribution in [0, 0.1) is 0 Å². The summed E-state index contributed by atoms with van der Waals surface area (Å²) < 4.78 is 5.61. The zero-order valence-corrected chi connectivity index (χ0v) is 10.7. The number of halogens is 2.